The molecule has 5 rings (SSSR count). The fourth-order valence-corrected chi connectivity index (χ4v) is 5.63. The number of nitrogens with one attached hydrogen (secondary N) is 2. The van der Waals surface area contributed by atoms with Crippen LogP contribution in [0.25, 0.3) is 11.1 Å². The second-order valence-corrected chi connectivity index (χ2v) is 9.76. The van der Waals surface area contributed by atoms with Crippen molar-refractivity contribution in [2.45, 2.75) is 62.4 Å². The maximum absolute atomic E-state index is 12.8. The zero-order chi connectivity index (χ0) is 23.7. The molecule has 0 saturated heterocycles. The van der Waals surface area contributed by atoms with Crippen molar-refractivity contribution in [3.63, 3.8) is 0 Å². The van der Waals surface area contributed by atoms with Crippen molar-refractivity contribution >= 4 is 18.0 Å². The molecule has 0 aromatic heterocycles. The lowest BCUT2D eigenvalue weighted by Gasteiger charge is -2.40. The molecule has 0 spiro atoms. The van der Waals surface area contributed by atoms with Crippen LogP contribution < -0.4 is 10.6 Å². The van der Waals surface area contributed by atoms with Gasteiger partial charge in [-0.2, -0.15) is 0 Å². The summed E-state index contributed by atoms with van der Waals surface area (Å²) >= 11 is 0. The van der Waals surface area contributed by atoms with Crippen LogP contribution in [0.2, 0.25) is 0 Å². The van der Waals surface area contributed by atoms with Crippen LogP contribution in [0, 0.1) is 5.92 Å². The van der Waals surface area contributed by atoms with Gasteiger partial charge < -0.3 is 20.5 Å². The van der Waals surface area contributed by atoms with Crippen LogP contribution in [-0.4, -0.2) is 41.3 Å². The Kier molecular flexibility index (Phi) is 6.02. The Bertz CT molecular complexity index is 1060. The Balaban J connectivity index is 1.16. The number of hydrogen-bond acceptors (Lipinski definition) is 4. The summed E-state index contributed by atoms with van der Waals surface area (Å²) < 4.78 is 5.65. The number of rotatable bonds is 6. The number of carbonyl (C=O) groups is 3. The lowest BCUT2D eigenvalue weighted by atomic mass is 9.75. The van der Waals surface area contributed by atoms with Crippen LogP contribution in [-0.2, 0) is 14.3 Å². The summed E-state index contributed by atoms with van der Waals surface area (Å²) in [6.07, 6.45) is 4.04. The van der Waals surface area contributed by atoms with Crippen molar-refractivity contribution in [2.75, 3.05) is 6.61 Å². The second kappa shape index (κ2) is 9.12. The molecule has 3 N–H and O–H groups in total. The second-order valence-electron chi connectivity index (χ2n) is 9.76. The Hall–Kier alpha value is -3.35. The SMILES string of the molecule is O=C(N[C@H]1CCC[C@@H](C(=O)NC2(C(=O)O)CCC2)C1)OCC1c2ccccc2-c2ccccc21. The van der Waals surface area contributed by atoms with E-state index in [4.69, 9.17) is 4.74 Å². The zero-order valence-electron chi connectivity index (χ0n) is 19.1. The molecule has 0 unspecified atom stereocenters. The van der Waals surface area contributed by atoms with Crippen molar-refractivity contribution in [3.8, 4) is 11.1 Å². The third kappa shape index (κ3) is 4.15. The third-order valence-electron chi connectivity index (χ3n) is 7.69. The number of aliphatic carboxylic acids is 1. The molecule has 2 aromatic carbocycles. The predicted octanol–water partition coefficient (Wildman–Crippen LogP) is 4.21. The number of benzene rings is 2. The molecule has 34 heavy (non-hydrogen) atoms. The minimum Gasteiger partial charge on any atom is -0.480 e. The lowest BCUT2D eigenvalue weighted by molar-refractivity contribution is -0.152. The molecular formula is C27H30N2O5. The number of hydrogen-bond donors (Lipinski definition) is 3. The van der Waals surface area contributed by atoms with E-state index in [9.17, 15) is 19.5 Å². The minimum atomic E-state index is -1.11. The average molecular weight is 463 g/mol. The Morgan fingerprint density at radius 1 is 0.941 bits per heavy atom. The molecule has 2 atom stereocenters. The van der Waals surface area contributed by atoms with E-state index in [-0.39, 0.29) is 30.4 Å². The van der Waals surface area contributed by atoms with Crippen molar-refractivity contribution in [1.29, 1.82) is 0 Å². The molecule has 7 heteroatoms. The van der Waals surface area contributed by atoms with E-state index in [1.54, 1.807) is 0 Å². The minimum absolute atomic E-state index is 0.00211. The number of ether oxygens (including phenoxy) is 1. The summed E-state index contributed by atoms with van der Waals surface area (Å²) in [6, 6.07) is 16.2. The molecular weight excluding hydrogens is 432 g/mol. The van der Waals surface area contributed by atoms with Crippen LogP contribution in [0.15, 0.2) is 48.5 Å². The van der Waals surface area contributed by atoms with Gasteiger partial charge in [-0.25, -0.2) is 9.59 Å². The predicted molar refractivity (Wildman–Crippen MR) is 126 cm³/mol. The summed E-state index contributed by atoms with van der Waals surface area (Å²) in [5.74, 6) is -1.49. The number of amides is 2. The van der Waals surface area contributed by atoms with Crippen molar-refractivity contribution in [1.82, 2.24) is 10.6 Å². The Morgan fingerprint density at radius 2 is 1.59 bits per heavy atom. The highest BCUT2D eigenvalue weighted by Crippen LogP contribution is 2.44. The molecule has 2 fully saturated rings. The van der Waals surface area contributed by atoms with Gasteiger partial charge in [-0.3, -0.25) is 4.79 Å². The normalized spacial score (nSPS) is 22.6. The maximum Gasteiger partial charge on any atom is 0.407 e. The van der Waals surface area contributed by atoms with Gasteiger partial charge in [0.05, 0.1) is 0 Å². The summed E-state index contributed by atoms with van der Waals surface area (Å²) in [4.78, 5) is 37.0. The fourth-order valence-electron chi connectivity index (χ4n) is 5.63. The lowest BCUT2D eigenvalue weighted by Crippen LogP contribution is -2.60. The van der Waals surface area contributed by atoms with Crippen LogP contribution in [0.3, 0.4) is 0 Å². The van der Waals surface area contributed by atoms with Gasteiger partial charge in [0.25, 0.3) is 0 Å². The fraction of sp³-hybridized carbons (Fsp3) is 0.444. The number of carboxylic acid groups (broad SMARTS) is 1. The van der Waals surface area contributed by atoms with Gasteiger partial charge in [0.2, 0.25) is 5.91 Å². The molecule has 2 saturated carbocycles. The topological polar surface area (TPSA) is 105 Å². The monoisotopic (exact) mass is 462 g/mol. The molecule has 7 nitrogen and oxygen atoms in total. The first kappa shape index (κ1) is 22.4. The average Bonchev–Trinajstić information content (AvgIpc) is 3.13. The first-order valence-corrected chi connectivity index (χ1v) is 12.1. The molecule has 0 radical (unpaired) electrons. The summed E-state index contributed by atoms with van der Waals surface area (Å²) in [5.41, 5.74) is 3.57. The highest BCUT2D eigenvalue weighted by atomic mass is 16.5. The third-order valence-corrected chi connectivity index (χ3v) is 7.69. The molecule has 0 heterocycles. The first-order chi connectivity index (χ1) is 16.5. The first-order valence-electron chi connectivity index (χ1n) is 12.1. The molecule has 0 aliphatic heterocycles. The quantitative estimate of drug-likeness (QED) is 0.597. The number of carbonyl (C=O) groups excluding carboxylic acids is 2. The number of alkyl carbamates (subject to hydrolysis) is 1. The summed E-state index contributed by atoms with van der Waals surface area (Å²) in [6.45, 7) is 0.248. The van der Waals surface area contributed by atoms with E-state index < -0.39 is 17.6 Å². The number of carboxylic acids is 1. The van der Waals surface area contributed by atoms with Crippen molar-refractivity contribution in [3.05, 3.63) is 59.7 Å². The Labute approximate surface area is 198 Å². The van der Waals surface area contributed by atoms with E-state index in [1.807, 2.05) is 24.3 Å². The van der Waals surface area contributed by atoms with Crippen LogP contribution in [0.1, 0.15) is 62.0 Å². The molecule has 2 aromatic rings. The summed E-state index contributed by atoms with van der Waals surface area (Å²) in [5, 5.41) is 15.2. The van der Waals surface area contributed by atoms with Crippen molar-refractivity contribution < 1.29 is 24.2 Å². The largest absolute Gasteiger partial charge is 0.480 e. The van der Waals surface area contributed by atoms with Crippen LogP contribution in [0.4, 0.5) is 4.79 Å². The molecule has 3 aliphatic carbocycles. The van der Waals surface area contributed by atoms with E-state index in [0.29, 0.717) is 25.7 Å². The number of fused-ring (bicyclic) bond motifs is 3. The van der Waals surface area contributed by atoms with Gasteiger partial charge in [0, 0.05) is 17.9 Å². The Morgan fingerprint density at radius 3 is 2.18 bits per heavy atom. The molecule has 3 aliphatic rings. The highest BCUT2D eigenvalue weighted by Gasteiger charge is 2.46. The van der Waals surface area contributed by atoms with Crippen LogP contribution in [0.5, 0.6) is 0 Å². The van der Waals surface area contributed by atoms with Gasteiger partial charge in [-0.1, -0.05) is 55.0 Å². The van der Waals surface area contributed by atoms with Crippen molar-refractivity contribution in [2.24, 2.45) is 5.92 Å². The molecule has 178 valence electrons. The van der Waals surface area contributed by atoms with Crippen LogP contribution >= 0.6 is 0 Å². The maximum atomic E-state index is 12.8. The van der Waals surface area contributed by atoms with E-state index in [1.165, 1.54) is 11.1 Å². The van der Waals surface area contributed by atoms with Gasteiger partial charge in [-0.05, 0) is 60.8 Å². The zero-order valence-corrected chi connectivity index (χ0v) is 19.1. The summed E-state index contributed by atoms with van der Waals surface area (Å²) in [7, 11) is 0. The molecule has 0 bridgehead atoms. The van der Waals surface area contributed by atoms with Gasteiger partial charge >= 0.3 is 12.1 Å². The molecule has 2 amide bonds. The van der Waals surface area contributed by atoms with Gasteiger partial charge in [0.1, 0.15) is 12.1 Å². The van der Waals surface area contributed by atoms with E-state index in [2.05, 4.69) is 34.9 Å². The smallest absolute Gasteiger partial charge is 0.407 e. The standard InChI is InChI=1S/C27H30N2O5/c30-24(29-27(25(31)32)13-6-14-27)17-7-5-8-18(15-17)28-26(33)34-16-23-21-11-3-1-9-19(21)20-10-2-4-12-22(20)23/h1-4,9-12,17-18,23H,5-8,13-16H2,(H,28,33)(H,29,30)(H,31,32)/t17-,18+/m1/s1. The van der Waals surface area contributed by atoms with Gasteiger partial charge in [0.15, 0.2) is 0 Å². The van der Waals surface area contributed by atoms with E-state index in [0.717, 1.165) is 30.4 Å². The van der Waals surface area contributed by atoms with E-state index >= 15 is 0 Å². The highest BCUT2D eigenvalue weighted by molar-refractivity contribution is 5.89. The van der Waals surface area contributed by atoms with Gasteiger partial charge in [-0.15, -0.1) is 0 Å².